The summed E-state index contributed by atoms with van der Waals surface area (Å²) in [5.41, 5.74) is 0. The van der Waals surface area contributed by atoms with E-state index in [1.165, 1.54) is 0 Å². The summed E-state index contributed by atoms with van der Waals surface area (Å²) in [6, 6.07) is 0.862. The van der Waals surface area contributed by atoms with Gasteiger partial charge >= 0.3 is 6.18 Å². The van der Waals surface area contributed by atoms with Crippen LogP contribution in [0.4, 0.5) is 13.2 Å². The molecule has 2 aliphatic heterocycles. The van der Waals surface area contributed by atoms with Gasteiger partial charge in [-0.2, -0.15) is 18.2 Å². The van der Waals surface area contributed by atoms with Crippen molar-refractivity contribution in [1.82, 2.24) is 15.5 Å². The second-order valence-corrected chi connectivity index (χ2v) is 5.05. The van der Waals surface area contributed by atoms with Crippen LogP contribution in [0.5, 0.6) is 0 Å². The van der Waals surface area contributed by atoms with E-state index in [2.05, 4.69) is 20.2 Å². The van der Waals surface area contributed by atoms with Gasteiger partial charge < -0.3 is 14.6 Å². The first kappa shape index (κ1) is 12.9. The van der Waals surface area contributed by atoms with Crippen LogP contribution in [-0.4, -0.2) is 35.0 Å². The molecule has 0 amide bonds. The number of alkyl halides is 3. The summed E-state index contributed by atoms with van der Waals surface area (Å²) in [5.74, 6) is 0.856. The Labute approximate surface area is 107 Å². The Hall–Kier alpha value is -1.15. The maximum Gasteiger partial charge on any atom is 0.411 e. The molecule has 0 radical (unpaired) electrons. The molecule has 8 heteroatoms. The van der Waals surface area contributed by atoms with E-state index < -0.39 is 12.8 Å². The van der Waals surface area contributed by atoms with E-state index in [0.29, 0.717) is 18.0 Å². The van der Waals surface area contributed by atoms with Crippen LogP contribution in [0.2, 0.25) is 0 Å². The third kappa shape index (κ3) is 2.89. The Morgan fingerprint density at radius 3 is 2.84 bits per heavy atom. The fourth-order valence-electron chi connectivity index (χ4n) is 2.83. The minimum atomic E-state index is -4.33. The zero-order chi connectivity index (χ0) is 13.5. The predicted molar refractivity (Wildman–Crippen MR) is 57.3 cm³/mol. The van der Waals surface area contributed by atoms with Crippen LogP contribution in [0, 0.1) is 0 Å². The minimum Gasteiger partial charge on any atom is -0.364 e. The van der Waals surface area contributed by atoms with Gasteiger partial charge in [0.2, 0.25) is 5.89 Å². The number of nitrogens with zero attached hydrogens (tertiary/aromatic N) is 2. The molecule has 0 saturated carbocycles. The number of ether oxygens (including phenoxy) is 1. The molecule has 3 rings (SSSR count). The van der Waals surface area contributed by atoms with Crippen LogP contribution >= 0.6 is 0 Å². The number of rotatable bonds is 4. The van der Waals surface area contributed by atoms with Crippen molar-refractivity contribution >= 4 is 0 Å². The summed E-state index contributed by atoms with van der Waals surface area (Å²) >= 11 is 0. The van der Waals surface area contributed by atoms with Gasteiger partial charge in [-0.25, -0.2) is 0 Å². The van der Waals surface area contributed by atoms with Gasteiger partial charge in [-0.3, -0.25) is 0 Å². The van der Waals surface area contributed by atoms with Crippen molar-refractivity contribution in [3.05, 3.63) is 11.7 Å². The Morgan fingerprint density at radius 1 is 1.37 bits per heavy atom. The van der Waals surface area contributed by atoms with E-state index in [9.17, 15) is 13.2 Å². The van der Waals surface area contributed by atoms with E-state index in [1.54, 1.807) is 0 Å². The van der Waals surface area contributed by atoms with Crippen molar-refractivity contribution in [1.29, 1.82) is 0 Å². The van der Waals surface area contributed by atoms with Crippen LogP contribution in [0.1, 0.15) is 36.9 Å². The highest BCUT2D eigenvalue weighted by Gasteiger charge is 2.42. The smallest absolute Gasteiger partial charge is 0.364 e. The van der Waals surface area contributed by atoms with Crippen molar-refractivity contribution < 1.29 is 22.4 Å². The molecule has 2 saturated heterocycles. The van der Waals surface area contributed by atoms with E-state index in [4.69, 9.17) is 4.52 Å². The highest BCUT2D eigenvalue weighted by atomic mass is 19.4. The molecule has 3 unspecified atom stereocenters. The van der Waals surface area contributed by atoms with Crippen LogP contribution in [0.3, 0.4) is 0 Å². The molecule has 3 heterocycles. The monoisotopic (exact) mass is 277 g/mol. The summed E-state index contributed by atoms with van der Waals surface area (Å²) in [6.07, 6.45) is -1.13. The Balaban J connectivity index is 1.55. The summed E-state index contributed by atoms with van der Waals surface area (Å²) in [4.78, 5) is 4.12. The minimum absolute atomic E-state index is 0.169. The summed E-state index contributed by atoms with van der Waals surface area (Å²) < 4.78 is 45.4. The third-order valence-electron chi connectivity index (χ3n) is 3.60. The van der Waals surface area contributed by atoms with Gasteiger partial charge in [-0.15, -0.1) is 0 Å². The molecule has 106 valence electrons. The maximum atomic E-state index is 11.9. The number of halogens is 3. The lowest BCUT2D eigenvalue weighted by Crippen LogP contribution is -2.21. The number of hydrogen-bond acceptors (Lipinski definition) is 5. The third-order valence-corrected chi connectivity index (χ3v) is 3.60. The normalized spacial score (nSPS) is 30.2. The highest BCUT2D eigenvalue weighted by molar-refractivity contribution is 5.09. The van der Waals surface area contributed by atoms with Gasteiger partial charge in [0.25, 0.3) is 0 Å². The van der Waals surface area contributed by atoms with Crippen LogP contribution in [0.15, 0.2) is 4.52 Å². The van der Waals surface area contributed by atoms with Crippen LogP contribution < -0.4 is 5.32 Å². The van der Waals surface area contributed by atoms with E-state index >= 15 is 0 Å². The maximum absolute atomic E-state index is 11.9. The molecule has 2 aliphatic rings. The topological polar surface area (TPSA) is 60.2 Å². The second kappa shape index (κ2) is 4.75. The molecule has 0 aromatic carbocycles. The van der Waals surface area contributed by atoms with Crippen molar-refractivity contribution in [3.63, 3.8) is 0 Å². The van der Waals surface area contributed by atoms with Gasteiger partial charge in [0.05, 0.1) is 5.92 Å². The average molecular weight is 277 g/mol. The molecule has 1 N–H and O–H groups in total. The van der Waals surface area contributed by atoms with Crippen molar-refractivity contribution in [2.45, 2.75) is 50.0 Å². The molecule has 0 spiro atoms. The van der Waals surface area contributed by atoms with Crippen molar-refractivity contribution in [2.24, 2.45) is 0 Å². The van der Waals surface area contributed by atoms with E-state index in [-0.39, 0.29) is 18.3 Å². The number of fused-ring (bicyclic) bond motifs is 2. The fourth-order valence-corrected chi connectivity index (χ4v) is 2.83. The summed E-state index contributed by atoms with van der Waals surface area (Å²) in [6.45, 7) is -1.58. The zero-order valence-electron chi connectivity index (χ0n) is 10.1. The Kier molecular flexibility index (Phi) is 3.22. The largest absolute Gasteiger partial charge is 0.411 e. The van der Waals surface area contributed by atoms with Crippen molar-refractivity contribution in [2.75, 3.05) is 6.61 Å². The molecule has 2 bridgehead atoms. The predicted octanol–water partition coefficient (Wildman–Crippen LogP) is 1.76. The van der Waals surface area contributed by atoms with Crippen LogP contribution in [0.25, 0.3) is 0 Å². The molecule has 0 aliphatic carbocycles. The van der Waals surface area contributed by atoms with E-state index in [0.717, 1.165) is 19.3 Å². The van der Waals surface area contributed by atoms with Crippen molar-refractivity contribution in [3.8, 4) is 0 Å². The zero-order valence-corrected chi connectivity index (χ0v) is 10.1. The first-order valence-corrected chi connectivity index (χ1v) is 6.24. The first-order valence-electron chi connectivity index (χ1n) is 6.24. The summed E-state index contributed by atoms with van der Waals surface area (Å²) in [7, 11) is 0. The summed E-state index contributed by atoms with van der Waals surface area (Å²) in [5, 5.41) is 7.10. The SMILES string of the molecule is FC(F)(F)COCc1noc(C2CC3CCC2N3)n1. The van der Waals surface area contributed by atoms with Gasteiger partial charge in [-0.05, 0) is 19.3 Å². The number of nitrogens with one attached hydrogen (secondary N) is 1. The number of hydrogen-bond donors (Lipinski definition) is 1. The van der Waals surface area contributed by atoms with Gasteiger partial charge in [0, 0.05) is 12.1 Å². The quantitative estimate of drug-likeness (QED) is 0.908. The lowest BCUT2D eigenvalue weighted by molar-refractivity contribution is -0.177. The molecule has 1 aromatic heterocycles. The molecule has 1 aromatic rings. The Bertz CT molecular complexity index is 449. The van der Waals surface area contributed by atoms with Gasteiger partial charge in [0.1, 0.15) is 13.2 Å². The Morgan fingerprint density at radius 2 is 2.21 bits per heavy atom. The molecular weight excluding hydrogens is 263 g/mol. The van der Waals surface area contributed by atoms with Gasteiger partial charge in [-0.1, -0.05) is 5.16 Å². The number of aromatic nitrogens is 2. The second-order valence-electron chi connectivity index (χ2n) is 5.05. The van der Waals surface area contributed by atoms with Crippen LogP contribution in [-0.2, 0) is 11.3 Å². The first-order chi connectivity index (χ1) is 9.01. The standard InChI is InChI=1S/C11H14F3N3O2/c12-11(13,14)5-18-4-9-16-10(19-17-9)7-3-6-1-2-8(7)15-6/h6-8,15H,1-5H2. The lowest BCUT2D eigenvalue weighted by Gasteiger charge is -2.15. The molecule has 5 nitrogen and oxygen atoms in total. The molecule has 2 fully saturated rings. The average Bonchev–Trinajstić information content (AvgIpc) is 3.02. The molecule has 3 atom stereocenters. The highest BCUT2D eigenvalue weighted by Crippen LogP contribution is 2.39. The molecule has 19 heavy (non-hydrogen) atoms. The fraction of sp³-hybridized carbons (Fsp3) is 0.818. The lowest BCUT2D eigenvalue weighted by atomic mass is 9.89. The van der Waals surface area contributed by atoms with Gasteiger partial charge in [0.15, 0.2) is 5.82 Å². The molecular formula is C11H14F3N3O2. The van der Waals surface area contributed by atoms with E-state index in [1.807, 2.05) is 0 Å².